The standard InChI is InChI=1S/C13H20N4O2S/c1-8-7-9-10(18-5-6-19-13(2,3)4)15-12(17-14)16-11(9)20-8/h7H,5-6,14H2,1-4H3,(H,15,16,17). The molecule has 2 aromatic heterocycles. The third-order valence-corrected chi connectivity index (χ3v) is 3.41. The molecule has 3 N–H and O–H groups in total. The first-order valence-corrected chi connectivity index (χ1v) is 7.22. The number of aromatic nitrogens is 2. The number of aryl methyl sites for hydroxylation is 1. The molecule has 20 heavy (non-hydrogen) atoms. The molecule has 0 fully saturated rings. The van der Waals surface area contributed by atoms with Crippen LogP contribution in [-0.2, 0) is 4.74 Å². The Morgan fingerprint density at radius 3 is 2.70 bits per heavy atom. The van der Waals surface area contributed by atoms with Crippen LogP contribution in [0.4, 0.5) is 5.95 Å². The Kier molecular flexibility index (Phi) is 4.42. The smallest absolute Gasteiger partial charge is 0.241 e. The summed E-state index contributed by atoms with van der Waals surface area (Å²) in [6.45, 7) is 8.98. The Labute approximate surface area is 122 Å². The maximum atomic E-state index is 5.71. The van der Waals surface area contributed by atoms with Crippen LogP contribution in [0.2, 0.25) is 0 Å². The van der Waals surface area contributed by atoms with Crippen molar-refractivity contribution in [1.82, 2.24) is 9.97 Å². The van der Waals surface area contributed by atoms with Gasteiger partial charge >= 0.3 is 0 Å². The molecule has 2 rings (SSSR count). The molecule has 2 aromatic rings. The minimum atomic E-state index is -0.173. The summed E-state index contributed by atoms with van der Waals surface area (Å²) in [7, 11) is 0. The molecule has 0 aromatic carbocycles. The van der Waals surface area contributed by atoms with Crippen molar-refractivity contribution in [3.8, 4) is 5.88 Å². The second-order valence-corrected chi connectivity index (χ2v) is 6.62. The Hall–Kier alpha value is -1.44. The van der Waals surface area contributed by atoms with Crippen molar-refractivity contribution in [2.45, 2.75) is 33.3 Å². The Balaban J connectivity index is 2.12. The molecule has 0 spiro atoms. The van der Waals surface area contributed by atoms with E-state index in [9.17, 15) is 0 Å². The number of nitrogens with zero attached hydrogens (tertiary/aromatic N) is 2. The molecule has 2 heterocycles. The van der Waals surface area contributed by atoms with Crippen molar-refractivity contribution in [2.24, 2.45) is 5.84 Å². The van der Waals surface area contributed by atoms with Crippen LogP contribution in [0.25, 0.3) is 10.2 Å². The van der Waals surface area contributed by atoms with Gasteiger partial charge in [0.15, 0.2) is 0 Å². The third kappa shape index (κ3) is 3.78. The second-order valence-electron chi connectivity index (χ2n) is 5.38. The molecule has 0 amide bonds. The summed E-state index contributed by atoms with van der Waals surface area (Å²) in [5.41, 5.74) is 2.28. The average Bonchev–Trinajstić information content (AvgIpc) is 2.73. The van der Waals surface area contributed by atoms with Gasteiger partial charge in [0.2, 0.25) is 11.8 Å². The molecule has 0 aliphatic rings. The summed E-state index contributed by atoms with van der Waals surface area (Å²) in [5, 5.41) is 0.905. The van der Waals surface area contributed by atoms with E-state index in [0.29, 0.717) is 25.0 Å². The largest absolute Gasteiger partial charge is 0.475 e. The summed E-state index contributed by atoms with van der Waals surface area (Å²) in [6, 6.07) is 2.01. The highest BCUT2D eigenvalue weighted by atomic mass is 32.1. The summed E-state index contributed by atoms with van der Waals surface area (Å²) in [5.74, 6) is 6.26. The first kappa shape index (κ1) is 15.0. The van der Waals surface area contributed by atoms with Crippen molar-refractivity contribution in [1.29, 1.82) is 0 Å². The van der Waals surface area contributed by atoms with Crippen LogP contribution in [0.5, 0.6) is 5.88 Å². The maximum Gasteiger partial charge on any atom is 0.241 e. The predicted octanol–water partition coefficient (Wildman–Crippen LogP) is 2.48. The quantitative estimate of drug-likeness (QED) is 0.501. The monoisotopic (exact) mass is 296 g/mol. The van der Waals surface area contributed by atoms with Crippen LogP contribution in [0.3, 0.4) is 0 Å². The lowest BCUT2D eigenvalue weighted by Gasteiger charge is -2.19. The fourth-order valence-electron chi connectivity index (χ4n) is 1.68. The number of hydrazine groups is 1. The lowest BCUT2D eigenvalue weighted by molar-refractivity contribution is -0.0166. The number of hydrogen-bond acceptors (Lipinski definition) is 7. The lowest BCUT2D eigenvalue weighted by Crippen LogP contribution is -2.22. The van der Waals surface area contributed by atoms with E-state index in [1.165, 1.54) is 0 Å². The topological polar surface area (TPSA) is 82.3 Å². The minimum absolute atomic E-state index is 0.173. The Morgan fingerprint density at radius 1 is 1.30 bits per heavy atom. The van der Waals surface area contributed by atoms with Gasteiger partial charge in [0.05, 0.1) is 17.6 Å². The van der Waals surface area contributed by atoms with Crippen molar-refractivity contribution >= 4 is 27.5 Å². The number of nitrogen functional groups attached to an aromatic ring is 1. The second kappa shape index (κ2) is 5.90. The normalized spacial score (nSPS) is 11.8. The van der Waals surface area contributed by atoms with Crippen LogP contribution in [-0.4, -0.2) is 28.8 Å². The van der Waals surface area contributed by atoms with Crippen molar-refractivity contribution in [2.75, 3.05) is 18.6 Å². The highest BCUT2D eigenvalue weighted by Crippen LogP contribution is 2.30. The number of rotatable bonds is 5. The molecular weight excluding hydrogens is 276 g/mol. The number of anilines is 1. The number of nitrogens with one attached hydrogen (secondary N) is 1. The highest BCUT2D eigenvalue weighted by molar-refractivity contribution is 7.18. The number of ether oxygens (including phenoxy) is 2. The first-order chi connectivity index (χ1) is 9.39. The van der Waals surface area contributed by atoms with Gasteiger partial charge in [-0.25, -0.2) is 10.8 Å². The fraction of sp³-hybridized carbons (Fsp3) is 0.538. The van der Waals surface area contributed by atoms with Crippen molar-refractivity contribution < 1.29 is 9.47 Å². The van der Waals surface area contributed by atoms with E-state index in [0.717, 1.165) is 15.1 Å². The summed E-state index contributed by atoms with van der Waals surface area (Å²) >= 11 is 1.58. The lowest BCUT2D eigenvalue weighted by atomic mass is 10.2. The Bertz CT molecular complexity index is 592. The van der Waals surface area contributed by atoms with Crippen LogP contribution >= 0.6 is 11.3 Å². The number of nitrogens with two attached hydrogens (primary N) is 1. The molecule has 0 bridgehead atoms. The number of hydrogen-bond donors (Lipinski definition) is 2. The van der Waals surface area contributed by atoms with Gasteiger partial charge in [-0.1, -0.05) is 0 Å². The molecule has 7 heteroatoms. The van der Waals surface area contributed by atoms with E-state index in [1.807, 2.05) is 33.8 Å². The molecule has 0 saturated carbocycles. The van der Waals surface area contributed by atoms with E-state index < -0.39 is 0 Å². The zero-order valence-corrected chi connectivity index (χ0v) is 13.0. The average molecular weight is 296 g/mol. The SMILES string of the molecule is Cc1cc2c(OCCOC(C)(C)C)nc(NN)nc2s1. The van der Waals surface area contributed by atoms with Crippen LogP contribution in [0.1, 0.15) is 25.6 Å². The van der Waals surface area contributed by atoms with E-state index in [2.05, 4.69) is 15.4 Å². The first-order valence-electron chi connectivity index (χ1n) is 6.40. The molecule has 110 valence electrons. The molecule has 0 unspecified atom stereocenters. The summed E-state index contributed by atoms with van der Waals surface area (Å²) in [4.78, 5) is 10.6. The molecular formula is C13H20N4O2S. The molecule has 0 aliphatic heterocycles. The van der Waals surface area contributed by atoms with Gasteiger partial charge in [-0.05, 0) is 33.8 Å². The van der Waals surface area contributed by atoms with E-state index in [1.54, 1.807) is 11.3 Å². The van der Waals surface area contributed by atoms with Crippen LogP contribution < -0.4 is 16.0 Å². The summed E-state index contributed by atoms with van der Waals surface area (Å²) < 4.78 is 11.3. The van der Waals surface area contributed by atoms with Crippen LogP contribution in [0, 0.1) is 6.92 Å². The Morgan fingerprint density at radius 2 is 2.05 bits per heavy atom. The van der Waals surface area contributed by atoms with Crippen molar-refractivity contribution in [3.63, 3.8) is 0 Å². The van der Waals surface area contributed by atoms with Gasteiger partial charge in [-0.15, -0.1) is 11.3 Å². The zero-order chi connectivity index (χ0) is 14.8. The van der Waals surface area contributed by atoms with Crippen LogP contribution in [0.15, 0.2) is 6.07 Å². The molecule has 6 nitrogen and oxygen atoms in total. The van der Waals surface area contributed by atoms with Gasteiger partial charge in [0, 0.05) is 4.88 Å². The molecule has 0 aliphatic carbocycles. The minimum Gasteiger partial charge on any atom is -0.475 e. The molecule has 0 radical (unpaired) electrons. The third-order valence-electron chi connectivity index (χ3n) is 2.47. The maximum absolute atomic E-state index is 5.71. The zero-order valence-electron chi connectivity index (χ0n) is 12.2. The molecule has 0 saturated heterocycles. The molecule has 0 atom stereocenters. The predicted molar refractivity (Wildman–Crippen MR) is 81.2 cm³/mol. The van der Waals surface area contributed by atoms with Gasteiger partial charge in [-0.3, -0.25) is 5.43 Å². The van der Waals surface area contributed by atoms with Gasteiger partial charge in [0.25, 0.3) is 0 Å². The van der Waals surface area contributed by atoms with Gasteiger partial charge < -0.3 is 9.47 Å². The van der Waals surface area contributed by atoms with E-state index in [-0.39, 0.29) is 5.60 Å². The number of fused-ring (bicyclic) bond motifs is 1. The number of thiophene rings is 1. The fourth-order valence-corrected chi connectivity index (χ4v) is 2.55. The summed E-state index contributed by atoms with van der Waals surface area (Å²) in [6.07, 6.45) is 0. The van der Waals surface area contributed by atoms with Crippen molar-refractivity contribution in [3.05, 3.63) is 10.9 Å². The highest BCUT2D eigenvalue weighted by Gasteiger charge is 2.13. The van der Waals surface area contributed by atoms with Gasteiger partial charge in [0.1, 0.15) is 11.4 Å². The van der Waals surface area contributed by atoms with E-state index >= 15 is 0 Å². The van der Waals surface area contributed by atoms with E-state index in [4.69, 9.17) is 15.3 Å². The van der Waals surface area contributed by atoms with Gasteiger partial charge in [-0.2, -0.15) is 4.98 Å².